The molecule has 3 nitrogen and oxygen atoms in total. The first-order valence-corrected chi connectivity index (χ1v) is 10.7. The van der Waals surface area contributed by atoms with Crippen LogP contribution in [-0.4, -0.2) is 13.1 Å². The van der Waals surface area contributed by atoms with E-state index in [-0.39, 0.29) is 5.97 Å². The summed E-state index contributed by atoms with van der Waals surface area (Å²) in [6.07, 6.45) is 16.3. The largest absolute Gasteiger partial charge is 0.469 e. The second-order valence-corrected chi connectivity index (χ2v) is 7.56. The average Bonchev–Trinajstić information content (AvgIpc) is 2.91. The van der Waals surface area contributed by atoms with E-state index in [1.807, 2.05) is 0 Å². The topological polar surface area (TPSA) is 39.4 Å². The molecule has 1 rings (SSSR count). The monoisotopic (exact) mass is 364 g/mol. The van der Waals surface area contributed by atoms with Crippen molar-refractivity contribution in [1.29, 1.82) is 0 Å². The number of rotatable bonds is 15. The van der Waals surface area contributed by atoms with Crippen LogP contribution in [0, 0.1) is 13.8 Å². The van der Waals surface area contributed by atoms with Crippen LogP contribution < -0.4 is 0 Å². The second kappa shape index (κ2) is 13.9. The van der Waals surface area contributed by atoms with Gasteiger partial charge in [-0.2, -0.15) is 0 Å². The maximum atomic E-state index is 11.0. The number of unbranched alkanes of at least 4 members (excludes halogenated alkanes) is 9. The minimum atomic E-state index is -0.0815. The highest BCUT2D eigenvalue weighted by Crippen LogP contribution is 2.25. The Balaban J connectivity index is 2.09. The van der Waals surface area contributed by atoms with E-state index in [4.69, 9.17) is 4.42 Å². The Morgan fingerprint density at radius 1 is 0.769 bits per heavy atom. The number of carbonyl (C=O) groups excluding carboxylic acids is 1. The van der Waals surface area contributed by atoms with Gasteiger partial charge in [-0.05, 0) is 44.2 Å². The summed E-state index contributed by atoms with van der Waals surface area (Å²) < 4.78 is 10.8. The van der Waals surface area contributed by atoms with Gasteiger partial charge in [0.05, 0.1) is 7.11 Å². The smallest absolute Gasteiger partial charge is 0.305 e. The fourth-order valence-electron chi connectivity index (χ4n) is 3.45. The first kappa shape index (κ1) is 22.8. The van der Waals surface area contributed by atoms with Crippen molar-refractivity contribution >= 4 is 5.97 Å². The fourth-order valence-corrected chi connectivity index (χ4v) is 3.45. The lowest BCUT2D eigenvalue weighted by Gasteiger charge is -2.03. The van der Waals surface area contributed by atoms with Gasteiger partial charge >= 0.3 is 5.97 Å². The molecule has 0 saturated carbocycles. The van der Waals surface area contributed by atoms with Gasteiger partial charge in [-0.3, -0.25) is 4.79 Å². The van der Waals surface area contributed by atoms with Gasteiger partial charge in [0.2, 0.25) is 0 Å². The molecular formula is C23H40O3. The maximum absolute atomic E-state index is 11.0. The van der Waals surface area contributed by atoms with Gasteiger partial charge in [0.1, 0.15) is 11.5 Å². The van der Waals surface area contributed by atoms with Gasteiger partial charge < -0.3 is 9.15 Å². The molecule has 0 aliphatic carbocycles. The van der Waals surface area contributed by atoms with Crippen LogP contribution in [0.3, 0.4) is 0 Å². The number of ether oxygens (including phenoxy) is 1. The summed E-state index contributed by atoms with van der Waals surface area (Å²) in [7, 11) is 1.46. The fraction of sp³-hybridized carbons (Fsp3) is 0.783. The first-order chi connectivity index (χ1) is 12.6. The van der Waals surface area contributed by atoms with Crippen LogP contribution in [0.5, 0.6) is 0 Å². The molecule has 1 aromatic heterocycles. The molecule has 0 spiro atoms. The zero-order valence-corrected chi connectivity index (χ0v) is 17.6. The molecule has 0 amide bonds. The molecule has 0 atom stereocenters. The lowest BCUT2D eigenvalue weighted by molar-refractivity contribution is -0.140. The number of hydrogen-bond acceptors (Lipinski definition) is 3. The van der Waals surface area contributed by atoms with Gasteiger partial charge in [-0.1, -0.05) is 58.3 Å². The summed E-state index contributed by atoms with van der Waals surface area (Å²) in [5.41, 5.74) is 2.75. The summed E-state index contributed by atoms with van der Waals surface area (Å²) in [4.78, 5) is 11.0. The third-order valence-electron chi connectivity index (χ3n) is 5.42. The minimum Gasteiger partial charge on any atom is -0.469 e. The van der Waals surface area contributed by atoms with Crippen molar-refractivity contribution in [3.8, 4) is 0 Å². The summed E-state index contributed by atoms with van der Waals surface area (Å²) in [5.74, 6) is 2.36. The van der Waals surface area contributed by atoms with E-state index in [0.29, 0.717) is 6.42 Å². The number of carbonyl (C=O) groups is 1. The third-order valence-corrected chi connectivity index (χ3v) is 5.42. The standard InChI is InChI=1S/C23H40O3/c1-5-6-13-16-21-19(2)20(3)22(26-21)17-14-11-9-7-8-10-12-15-18-23(24)25-4/h5-18H2,1-4H3. The highest BCUT2D eigenvalue weighted by Gasteiger charge is 2.12. The quantitative estimate of drug-likeness (QED) is 0.252. The number of furan rings is 1. The molecule has 26 heavy (non-hydrogen) atoms. The van der Waals surface area contributed by atoms with E-state index >= 15 is 0 Å². The van der Waals surface area contributed by atoms with Crippen molar-refractivity contribution in [2.75, 3.05) is 7.11 Å². The van der Waals surface area contributed by atoms with Crippen molar-refractivity contribution in [3.05, 3.63) is 22.6 Å². The van der Waals surface area contributed by atoms with Crippen LogP contribution in [0.2, 0.25) is 0 Å². The minimum absolute atomic E-state index is 0.0815. The molecule has 0 fully saturated rings. The Labute approximate surface area is 160 Å². The summed E-state index contributed by atoms with van der Waals surface area (Å²) in [6.45, 7) is 6.67. The number of aryl methyl sites for hydroxylation is 2. The molecule has 1 aromatic rings. The SMILES string of the molecule is CCCCCc1oc(CCCCCCCCCCC(=O)OC)c(C)c1C. The molecule has 0 aliphatic rings. The van der Waals surface area contributed by atoms with Gasteiger partial charge in [0.25, 0.3) is 0 Å². The molecule has 3 heteroatoms. The molecule has 0 aliphatic heterocycles. The maximum Gasteiger partial charge on any atom is 0.305 e. The van der Waals surface area contributed by atoms with Crippen molar-refractivity contribution in [2.45, 2.75) is 111 Å². The van der Waals surface area contributed by atoms with E-state index in [1.165, 1.54) is 87.5 Å². The third kappa shape index (κ3) is 8.91. The normalized spacial score (nSPS) is 11.1. The van der Waals surface area contributed by atoms with Gasteiger partial charge in [-0.15, -0.1) is 0 Å². The number of methoxy groups -OCH3 is 1. The number of hydrogen-bond donors (Lipinski definition) is 0. The van der Waals surface area contributed by atoms with Crippen LogP contribution >= 0.6 is 0 Å². The lowest BCUT2D eigenvalue weighted by Crippen LogP contribution is -1.99. The van der Waals surface area contributed by atoms with Crippen LogP contribution in [-0.2, 0) is 22.4 Å². The average molecular weight is 365 g/mol. The summed E-state index contributed by atoms with van der Waals surface area (Å²) >= 11 is 0. The zero-order valence-electron chi connectivity index (χ0n) is 17.6. The molecule has 1 heterocycles. The predicted octanol–water partition coefficient (Wildman–Crippen LogP) is 6.86. The Hall–Kier alpha value is -1.25. The zero-order chi connectivity index (χ0) is 19.2. The molecule has 0 aromatic carbocycles. The van der Waals surface area contributed by atoms with Crippen molar-refractivity contribution in [2.24, 2.45) is 0 Å². The molecule has 0 N–H and O–H groups in total. The highest BCUT2D eigenvalue weighted by molar-refractivity contribution is 5.68. The molecule has 0 radical (unpaired) electrons. The van der Waals surface area contributed by atoms with Crippen molar-refractivity contribution < 1.29 is 13.9 Å². The van der Waals surface area contributed by atoms with E-state index in [9.17, 15) is 4.79 Å². The first-order valence-electron chi connectivity index (χ1n) is 10.7. The van der Waals surface area contributed by atoms with Crippen LogP contribution in [0.4, 0.5) is 0 Å². The lowest BCUT2D eigenvalue weighted by atomic mass is 10.0. The molecule has 150 valence electrons. The van der Waals surface area contributed by atoms with Crippen LogP contribution in [0.25, 0.3) is 0 Å². The Morgan fingerprint density at radius 2 is 1.23 bits per heavy atom. The molecule has 0 saturated heterocycles. The molecule has 0 unspecified atom stereocenters. The summed E-state index contributed by atoms with van der Waals surface area (Å²) in [6, 6.07) is 0. The van der Waals surface area contributed by atoms with Crippen LogP contribution in [0.15, 0.2) is 4.42 Å². The molecule has 0 bridgehead atoms. The van der Waals surface area contributed by atoms with E-state index in [1.54, 1.807) is 0 Å². The Morgan fingerprint density at radius 3 is 1.73 bits per heavy atom. The number of esters is 1. The van der Waals surface area contributed by atoms with Crippen molar-refractivity contribution in [1.82, 2.24) is 0 Å². The van der Waals surface area contributed by atoms with Gasteiger partial charge in [0, 0.05) is 19.3 Å². The second-order valence-electron chi connectivity index (χ2n) is 7.56. The van der Waals surface area contributed by atoms with Gasteiger partial charge in [0.15, 0.2) is 0 Å². The van der Waals surface area contributed by atoms with E-state index in [2.05, 4.69) is 25.5 Å². The highest BCUT2D eigenvalue weighted by atomic mass is 16.5. The predicted molar refractivity (Wildman–Crippen MR) is 109 cm³/mol. The van der Waals surface area contributed by atoms with Gasteiger partial charge in [-0.25, -0.2) is 0 Å². The van der Waals surface area contributed by atoms with E-state index in [0.717, 1.165) is 25.7 Å². The van der Waals surface area contributed by atoms with Crippen molar-refractivity contribution in [3.63, 3.8) is 0 Å². The van der Waals surface area contributed by atoms with Crippen LogP contribution in [0.1, 0.15) is 107 Å². The summed E-state index contributed by atoms with van der Waals surface area (Å²) in [5, 5.41) is 0. The van der Waals surface area contributed by atoms with E-state index < -0.39 is 0 Å². The Kier molecular flexibility index (Phi) is 12.2. The molecular weight excluding hydrogens is 324 g/mol. The Bertz CT molecular complexity index is 502.